The van der Waals surface area contributed by atoms with E-state index >= 15 is 0 Å². The van der Waals surface area contributed by atoms with Crippen LogP contribution >= 0.6 is 11.3 Å². The van der Waals surface area contributed by atoms with E-state index in [0.29, 0.717) is 22.3 Å². The van der Waals surface area contributed by atoms with Crippen LogP contribution in [0.3, 0.4) is 0 Å². The molecule has 2 aromatic carbocycles. The van der Waals surface area contributed by atoms with Gasteiger partial charge in [0, 0.05) is 5.39 Å². The molecule has 5 aromatic rings. The second-order valence-corrected chi connectivity index (χ2v) is 8.56. The Morgan fingerprint density at radius 2 is 1.81 bits per heavy atom. The molecule has 0 amide bonds. The van der Waals surface area contributed by atoms with Crippen molar-refractivity contribution in [2.45, 2.75) is 27.1 Å². The molecule has 32 heavy (non-hydrogen) atoms. The number of thiophene rings is 1. The first-order chi connectivity index (χ1) is 15.5. The predicted octanol–water partition coefficient (Wildman–Crippen LogP) is 3.68. The zero-order chi connectivity index (χ0) is 22.2. The summed E-state index contributed by atoms with van der Waals surface area (Å²) in [7, 11) is 0. The van der Waals surface area contributed by atoms with E-state index in [1.807, 2.05) is 11.6 Å². The van der Waals surface area contributed by atoms with Crippen LogP contribution in [0.25, 0.3) is 21.1 Å². The average molecular weight is 446 g/mol. The first-order valence-corrected chi connectivity index (χ1v) is 10.8. The molecular formula is C23H19N5O3S. The summed E-state index contributed by atoms with van der Waals surface area (Å²) in [6.45, 7) is 4.27. The minimum absolute atomic E-state index is 0.307. The lowest BCUT2D eigenvalue weighted by atomic mass is 10.1. The number of aromatic nitrogens is 5. The van der Waals surface area contributed by atoms with Gasteiger partial charge in [-0.2, -0.15) is 9.78 Å². The summed E-state index contributed by atoms with van der Waals surface area (Å²) in [6.07, 6.45) is 0. The Hall–Kier alpha value is -3.85. The lowest BCUT2D eigenvalue weighted by Crippen LogP contribution is -2.26. The molecule has 0 saturated heterocycles. The molecule has 0 aliphatic heterocycles. The number of hydrogen-bond donors (Lipinski definition) is 0. The smallest absolute Gasteiger partial charge is 0.350 e. The second-order valence-electron chi connectivity index (χ2n) is 7.53. The SMILES string of the molecule is Cc1ccc(Cn2nc(C)c3cc(C(=O)OCn4nnc5ccccc5c4=O)sc32)cc1. The second kappa shape index (κ2) is 8.01. The van der Waals surface area contributed by atoms with E-state index in [2.05, 4.69) is 46.6 Å². The maximum atomic E-state index is 12.7. The molecule has 0 saturated carbocycles. The number of aryl methyl sites for hydroxylation is 2. The molecular weight excluding hydrogens is 426 g/mol. The molecule has 0 spiro atoms. The maximum absolute atomic E-state index is 12.7. The number of rotatable bonds is 5. The molecule has 3 aromatic heterocycles. The molecule has 0 fully saturated rings. The lowest BCUT2D eigenvalue weighted by Gasteiger charge is -2.06. The summed E-state index contributed by atoms with van der Waals surface area (Å²) in [5.41, 5.74) is 3.32. The summed E-state index contributed by atoms with van der Waals surface area (Å²) in [5, 5.41) is 13.8. The largest absolute Gasteiger partial charge is 0.438 e. The number of fused-ring (bicyclic) bond motifs is 2. The average Bonchev–Trinajstić information content (AvgIpc) is 3.36. The van der Waals surface area contributed by atoms with E-state index in [1.54, 1.807) is 30.3 Å². The van der Waals surface area contributed by atoms with Crippen LogP contribution in [0.15, 0.2) is 59.4 Å². The van der Waals surface area contributed by atoms with E-state index in [1.165, 1.54) is 16.9 Å². The summed E-state index contributed by atoms with van der Waals surface area (Å²) in [4.78, 5) is 26.5. The zero-order valence-corrected chi connectivity index (χ0v) is 18.3. The number of carbonyl (C=O) groups excluding carboxylic acids is 1. The van der Waals surface area contributed by atoms with Gasteiger partial charge in [-0.1, -0.05) is 47.2 Å². The summed E-state index contributed by atoms with van der Waals surface area (Å²) >= 11 is 1.32. The highest BCUT2D eigenvalue weighted by atomic mass is 32.1. The van der Waals surface area contributed by atoms with Crippen molar-refractivity contribution >= 4 is 38.4 Å². The van der Waals surface area contributed by atoms with E-state index in [-0.39, 0.29) is 12.3 Å². The minimum atomic E-state index is -0.519. The Balaban J connectivity index is 1.37. The van der Waals surface area contributed by atoms with Gasteiger partial charge in [-0.15, -0.1) is 16.4 Å². The molecule has 0 atom stereocenters. The Morgan fingerprint density at radius 3 is 2.62 bits per heavy atom. The molecule has 0 aliphatic rings. The highest BCUT2D eigenvalue weighted by Crippen LogP contribution is 2.29. The van der Waals surface area contributed by atoms with Crippen LogP contribution in [0.5, 0.6) is 0 Å². The van der Waals surface area contributed by atoms with Gasteiger partial charge in [0.1, 0.15) is 15.2 Å². The fourth-order valence-electron chi connectivity index (χ4n) is 3.49. The Kier molecular flexibility index (Phi) is 5.02. The first-order valence-electron chi connectivity index (χ1n) is 10.0. The number of hydrogen-bond acceptors (Lipinski definition) is 7. The third-order valence-electron chi connectivity index (χ3n) is 5.21. The van der Waals surface area contributed by atoms with Crippen LogP contribution in [0.4, 0.5) is 0 Å². The fraction of sp³-hybridized carbons (Fsp3) is 0.174. The van der Waals surface area contributed by atoms with Crippen molar-refractivity contribution in [3.05, 3.63) is 86.6 Å². The summed E-state index contributed by atoms with van der Waals surface area (Å²) < 4.78 is 8.29. The van der Waals surface area contributed by atoms with E-state index in [4.69, 9.17) is 4.74 Å². The monoisotopic (exact) mass is 445 g/mol. The molecule has 3 heterocycles. The van der Waals surface area contributed by atoms with Gasteiger partial charge in [-0.25, -0.2) is 4.79 Å². The normalized spacial score (nSPS) is 11.3. The molecule has 0 bridgehead atoms. The maximum Gasteiger partial charge on any atom is 0.350 e. The molecule has 0 N–H and O–H groups in total. The minimum Gasteiger partial charge on any atom is -0.438 e. The number of ether oxygens (including phenoxy) is 1. The van der Waals surface area contributed by atoms with Gasteiger partial charge < -0.3 is 4.74 Å². The third kappa shape index (κ3) is 3.67. The van der Waals surface area contributed by atoms with Gasteiger partial charge >= 0.3 is 5.97 Å². The van der Waals surface area contributed by atoms with Crippen molar-refractivity contribution in [2.75, 3.05) is 0 Å². The Morgan fingerprint density at radius 1 is 1.03 bits per heavy atom. The number of nitrogens with zero attached hydrogens (tertiary/aromatic N) is 5. The van der Waals surface area contributed by atoms with Crippen molar-refractivity contribution in [3.8, 4) is 0 Å². The number of esters is 1. The van der Waals surface area contributed by atoms with Gasteiger partial charge in [0.2, 0.25) is 0 Å². The van der Waals surface area contributed by atoms with Crippen molar-refractivity contribution in [3.63, 3.8) is 0 Å². The topological polar surface area (TPSA) is 91.9 Å². The van der Waals surface area contributed by atoms with E-state index in [9.17, 15) is 9.59 Å². The van der Waals surface area contributed by atoms with Gasteiger partial charge in [-0.3, -0.25) is 9.48 Å². The van der Waals surface area contributed by atoms with Gasteiger partial charge in [0.15, 0.2) is 6.73 Å². The van der Waals surface area contributed by atoms with Gasteiger partial charge in [0.05, 0.1) is 17.6 Å². The lowest BCUT2D eigenvalue weighted by molar-refractivity contribution is 0.0342. The fourth-order valence-corrected chi connectivity index (χ4v) is 4.54. The van der Waals surface area contributed by atoms with Crippen LogP contribution < -0.4 is 5.56 Å². The molecule has 0 aliphatic carbocycles. The molecule has 9 heteroatoms. The highest BCUT2D eigenvalue weighted by molar-refractivity contribution is 7.20. The van der Waals surface area contributed by atoms with E-state index in [0.717, 1.165) is 26.2 Å². The van der Waals surface area contributed by atoms with Crippen LogP contribution in [-0.4, -0.2) is 30.7 Å². The standard InChI is InChI=1S/C23H19N5O3S/c1-14-7-9-16(10-8-14)12-27-22-18(15(2)25-27)11-20(32-22)23(30)31-13-28-21(29)17-5-3-4-6-19(17)24-26-28/h3-11H,12-13H2,1-2H3. The molecule has 0 radical (unpaired) electrons. The quantitative estimate of drug-likeness (QED) is 0.383. The number of benzene rings is 2. The van der Waals surface area contributed by atoms with Crippen LogP contribution in [0.1, 0.15) is 26.5 Å². The van der Waals surface area contributed by atoms with Gasteiger partial charge in [-0.05, 0) is 37.6 Å². The summed E-state index contributed by atoms with van der Waals surface area (Å²) in [6, 6.07) is 17.0. The Bertz CT molecular complexity index is 1510. The van der Waals surface area contributed by atoms with Crippen molar-refractivity contribution in [1.82, 2.24) is 24.8 Å². The third-order valence-corrected chi connectivity index (χ3v) is 6.34. The predicted molar refractivity (Wildman–Crippen MR) is 122 cm³/mol. The Labute approximate surface area is 186 Å². The molecule has 8 nitrogen and oxygen atoms in total. The van der Waals surface area contributed by atoms with Crippen LogP contribution in [-0.2, 0) is 18.0 Å². The molecule has 0 unspecified atom stereocenters. The van der Waals surface area contributed by atoms with Crippen molar-refractivity contribution in [2.24, 2.45) is 0 Å². The van der Waals surface area contributed by atoms with E-state index < -0.39 is 5.97 Å². The van der Waals surface area contributed by atoms with Crippen molar-refractivity contribution < 1.29 is 9.53 Å². The van der Waals surface area contributed by atoms with Gasteiger partial charge in [0.25, 0.3) is 5.56 Å². The molecule has 160 valence electrons. The van der Waals surface area contributed by atoms with Crippen molar-refractivity contribution in [1.29, 1.82) is 0 Å². The highest BCUT2D eigenvalue weighted by Gasteiger charge is 2.18. The van der Waals surface area contributed by atoms with Crippen LogP contribution in [0, 0.1) is 13.8 Å². The first kappa shape index (κ1) is 20.1. The summed E-state index contributed by atoms with van der Waals surface area (Å²) in [5.74, 6) is -0.519. The number of carbonyl (C=O) groups is 1. The molecule has 5 rings (SSSR count). The zero-order valence-electron chi connectivity index (χ0n) is 17.5. The van der Waals surface area contributed by atoms with Crippen LogP contribution in [0.2, 0.25) is 0 Å².